The molecule has 0 amide bonds. The summed E-state index contributed by atoms with van der Waals surface area (Å²) in [5, 5.41) is 2.59. The lowest BCUT2D eigenvalue weighted by Gasteiger charge is -2.15. The lowest BCUT2D eigenvalue weighted by atomic mass is 10.1. The Labute approximate surface area is 66.1 Å². The van der Waals surface area contributed by atoms with Crippen molar-refractivity contribution in [2.45, 2.75) is 26.3 Å². The first-order valence-corrected chi connectivity index (χ1v) is 3.78. The topological polar surface area (TPSA) is 38.0 Å². The van der Waals surface area contributed by atoms with Crippen LogP contribution in [-0.2, 0) is 0 Å². The summed E-state index contributed by atoms with van der Waals surface area (Å²) in [4.78, 5) is 0. The van der Waals surface area contributed by atoms with Crippen molar-refractivity contribution in [3.63, 3.8) is 0 Å². The van der Waals surface area contributed by atoms with E-state index in [1.165, 1.54) is 0 Å². The number of hydrogen-bond donors (Lipinski definition) is 2. The van der Waals surface area contributed by atoms with Crippen LogP contribution in [0.3, 0.4) is 0 Å². The summed E-state index contributed by atoms with van der Waals surface area (Å²) in [5.41, 5.74) is 5.60. The summed E-state index contributed by atoms with van der Waals surface area (Å²) in [6.45, 7) is 4.13. The van der Waals surface area contributed by atoms with E-state index < -0.39 is 6.43 Å². The van der Waals surface area contributed by atoms with E-state index >= 15 is 0 Å². The molecule has 0 spiro atoms. The second kappa shape index (κ2) is 5.43. The minimum Gasteiger partial charge on any atom is -0.326 e. The third-order valence-corrected chi connectivity index (χ3v) is 1.53. The molecule has 0 aromatic carbocycles. The average Bonchev–Trinajstić information content (AvgIpc) is 1.86. The second-order valence-corrected chi connectivity index (χ2v) is 2.96. The maximum absolute atomic E-state index is 11.6. The van der Waals surface area contributed by atoms with Gasteiger partial charge in [0.15, 0.2) is 0 Å². The molecular weight excluding hydrogens is 150 g/mol. The molecule has 0 aliphatic rings. The fourth-order valence-electron chi connectivity index (χ4n) is 0.595. The Balaban J connectivity index is 3.24. The van der Waals surface area contributed by atoms with E-state index in [-0.39, 0.29) is 12.6 Å². The highest BCUT2D eigenvalue weighted by Crippen LogP contribution is 1.96. The van der Waals surface area contributed by atoms with Crippen LogP contribution in [0.1, 0.15) is 13.8 Å². The molecule has 0 radical (unpaired) electrons. The molecule has 0 saturated carbocycles. The highest BCUT2D eigenvalue weighted by molar-refractivity contribution is 4.67. The standard InChI is InChI=1S/C7H16F2N2/c1-5(2)6(10)3-11-4-7(8)9/h5-7,11H,3-4,10H2,1-2H3. The number of halogens is 2. The molecule has 68 valence electrons. The fourth-order valence-corrected chi connectivity index (χ4v) is 0.595. The Morgan fingerprint density at radius 1 is 1.27 bits per heavy atom. The summed E-state index contributed by atoms with van der Waals surface area (Å²) in [7, 11) is 0. The van der Waals surface area contributed by atoms with Gasteiger partial charge in [-0.15, -0.1) is 0 Å². The third-order valence-electron chi connectivity index (χ3n) is 1.53. The quantitative estimate of drug-likeness (QED) is 0.634. The van der Waals surface area contributed by atoms with Gasteiger partial charge in [-0.05, 0) is 5.92 Å². The Bertz CT molecular complexity index is 96.4. The number of nitrogens with two attached hydrogens (primary N) is 1. The van der Waals surface area contributed by atoms with E-state index in [0.29, 0.717) is 12.5 Å². The molecule has 2 nitrogen and oxygen atoms in total. The number of alkyl halides is 2. The van der Waals surface area contributed by atoms with Gasteiger partial charge in [0.2, 0.25) is 0 Å². The van der Waals surface area contributed by atoms with Gasteiger partial charge in [-0.25, -0.2) is 8.78 Å². The van der Waals surface area contributed by atoms with E-state index in [2.05, 4.69) is 5.32 Å². The van der Waals surface area contributed by atoms with E-state index in [9.17, 15) is 8.78 Å². The van der Waals surface area contributed by atoms with Gasteiger partial charge in [-0.2, -0.15) is 0 Å². The van der Waals surface area contributed by atoms with Crippen molar-refractivity contribution in [2.75, 3.05) is 13.1 Å². The predicted octanol–water partition coefficient (Wildman–Crippen LogP) is 0.824. The molecule has 0 aromatic rings. The van der Waals surface area contributed by atoms with Gasteiger partial charge >= 0.3 is 0 Å². The molecular formula is C7H16F2N2. The summed E-state index contributed by atoms with van der Waals surface area (Å²) >= 11 is 0. The minimum atomic E-state index is -2.28. The van der Waals surface area contributed by atoms with Crippen molar-refractivity contribution in [1.82, 2.24) is 5.32 Å². The number of nitrogens with one attached hydrogen (secondary N) is 1. The van der Waals surface area contributed by atoms with Crippen LogP contribution in [0, 0.1) is 5.92 Å². The van der Waals surface area contributed by atoms with Crippen molar-refractivity contribution >= 4 is 0 Å². The molecule has 3 N–H and O–H groups in total. The molecule has 0 heterocycles. The number of rotatable bonds is 5. The van der Waals surface area contributed by atoms with E-state index in [1.54, 1.807) is 0 Å². The zero-order valence-corrected chi connectivity index (χ0v) is 6.98. The smallest absolute Gasteiger partial charge is 0.250 e. The first kappa shape index (κ1) is 10.8. The summed E-state index contributed by atoms with van der Waals surface area (Å²) in [6.07, 6.45) is -2.28. The highest BCUT2D eigenvalue weighted by atomic mass is 19.3. The summed E-state index contributed by atoms with van der Waals surface area (Å²) < 4.78 is 23.2. The Morgan fingerprint density at radius 2 is 1.82 bits per heavy atom. The maximum Gasteiger partial charge on any atom is 0.250 e. The Kier molecular flexibility index (Phi) is 5.32. The molecule has 0 fully saturated rings. The second-order valence-electron chi connectivity index (χ2n) is 2.96. The van der Waals surface area contributed by atoms with Gasteiger partial charge in [-0.3, -0.25) is 0 Å². The molecule has 1 atom stereocenters. The fraction of sp³-hybridized carbons (Fsp3) is 1.00. The molecule has 0 bridgehead atoms. The third kappa shape index (κ3) is 6.19. The van der Waals surface area contributed by atoms with Crippen LogP contribution in [-0.4, -0.2) is 25.6 Å². The molecule has 11 heavy (non-hydrogen) atoms. The molecule has 0 aromatic heterocycles. The van der Waals surface area contributed by atoms with E-state index in [0.717, 1.165) is 0 Å². The lowest BCUT2D eigenvalue weighted by molar-refractivity contribution is 0.145. The van der Waals surface area contributed by atoms with Crippen LogP contribution in [0.15, 0.2) is 0 Å². The zero-order valence-electron chi connectivity index (χ0n) is 6.98. The van der Waals surface area contributed by atoms with Crippen LogP contribution >= 0.6 is 0 Å². The van der Waals surface area contributed by atoms with Gasteiger partial charge in [0, 0.05) is 12.6 Å². The monoisotopic (exact) mass is 166 g/mol. The van der Waals surface area contributed by atoms with Crippen LogP contribution in [0.2, 0.25) is 0 Å². The van der Waals surface area contributed by atoms with Gasteiger partial charge < -0.3 is 11.1 Å². The predicted molar refractivity (Wildman–Crippen MR) is 41.7 cm³/mol. The minimum absolute atomic E-state index is 0.0336. The van der Waals surface area contributed by atoms with E-state index in [1.807, 2.05) is 13.8 Å². The normalized spacial score (nSPS) is 14.5. The number of hydrogen-bond acceptors (Lipinski definition) is 2. The zero-order chi connectivity index (χ0) is 8.85. The largest absolute Gasteiger partial charge is 0.326 e. The SMILES string of the molecule is CC(C)C(N)CNCC(F)F. The van der Waals surface area contributed by atoms with Crippen molar-refractivity contribution < 1.29 is 8.78 Å². The maximum atomic E-state index is 11.6. The highest BCUT2D eigenvalue weighted by Gasteiger charge is 2.07. The van der Waals surface area contributed by atoms with Crippen molar-refractivity contribution in [3.05, 3.63) is 0 Å². The van der Waals surface area contributed by atoms with E-state index in [4.69, 9.17) is 5.73 Å². The van der Waals surface area contributed by atoms with Crippen molar-refractivity contribution in [2.24, 2.45) is 11.7 Å². The average molecular weight is 166 g/mol. The molecule has 4 heteroatoms. The van der Waals surface area contributed by atoms with Crippen LogP contribution in [0.5, 0.6) is 0 Å². The first-order valence-electron chi connectivity index (χ1n) is 3.78. The van der Waals surface area contributed by atoms with Gasteiger partial charge in [-0.1, -0.05) is 13.8 Å². The Morgan fingerprint density at radius 3 is 2.18 bits per heavy atom. The van der Waals surface area contributed by atoms with Crippen molar-refractivity contribution in [3.8, 4) is 0 Å². The Hall–Kier alpha value is -0.220. The van der Waals surface area contributed by atoms with Gasteiger partial charge in [0.1, 0.15) is 0 Å². The molecule has 0 aliphatic heterocycles. The molecule has 0 rings (SSSR count). The van der Waals surface area contributed by atoms with Crippen LogP contribution < -0.4 is 11.1 Å². The summed E-state index contributed by atoms with van der Waals surface area (Å²) in [6, 6.07) is -0.0336. The van der Waals surface area contributed by atoms with Crippen LogP contribution in [0.4, 0.5) is 8.78 Å². The molecule has 1 unspecified atom stereocenters. The lowest BCUT2D eigenvalue weighted by Crippen LogP contribution is -2.39. The molecule has 0 saturated heterocycles. The van der Waals surface area contributed by atoms with Crippen molar-refractivity contribution in [1.29, 1.82) is 0 Å². The summed E-state index contributed by atoms with van der Waals surface area (Å²) in [5.74, 6) is 0.333. The van der Waals surface area contributed by atoms with Gasteiger partial charge in [0.25, 0.3) is 6.43 Å². The van der Waals surface area contributed by atoms with Gasteiger partial charge in [0.05, 0.1) is 6.54 Å². The first-order chi connectivity index (χ1) is 5.04. The molecule has 0 aliphatic carbocycles. The van der Waals surface area contributed by atoms with Crippen LogP contribution in [0.25, 0.3) is 0 Å².